The van der Waals surface area contributed by atoms with Gasteiger partial charge in [-0.05, 0) is 18.2 Å². The molecule has 2 aromatic carbocycles. The van der Waals surface area contributed by atoms with Gasteiger partial charge in [0.1, 0.15) is 5.75 Å². The molecule has 1 N–H and O–H groups in total. The first-order chi connectivity index (χ1) is 13.1. The van der Waals surface area contributed by atoms with E-state index in [1.54, 1.807) is 19.2 Å². The van der Waals surface area contributed by atoms with Crippen molar-refractivity contribution in [3.05, 3.63) is 52.5 Å². The number of hydrogen-bond acceptors (Lipinski definition) is 6. The summed E-state index contributed by atoms with van der Waals surface area (Å²) in [5.41, 5.74) is 1.52. The minimum atomic E-state index is -0.302. The third kappa shape index (κ3) is 5.79. The highest BCUT2D eigenvalue weighted by Crippen LogP contribution is 2.35. The number of rotatable bonds is 9. The van der Waals surface area contributed by atoms with Gasteiger partial charge in [-0.25, -0.2) is 0 Å². The van der Waals surface area contributed by atoms with Crippen LogP contribution in [0.25, 0.3) is 0 Å². The van der Waals surface area contributed by atoms with E-state index in [9.17, 15) is 4.79 Å². The van der Waals surface area contributed by atoms with Crippen molar-refractivity contribution < 1.29 is 23.8 Å². The fourth-order valence-electron chi connectivity index (χ4n) is 2.30. The van der Waals surface area contributed by atoms with E-state index in [1.165, 1.54) is 20.4 Å². The Hall–Kier alpha value is -2.93. The predicted octanol–water partition coefficient (Wildman–Crippen LogP) is 3.03. The second-order valence-electron chi connectivity index (χ2n) is 5.33. The summed E-state index contributed by atoms with van der Waals surface area (Å²) in [5, 5.41) is 6.90. The van der Waals surface area contributed by atoms with Crippen LogP contribution in [0.15, 0.2) is 41.6 Å². The molecule has 1 amide bonds. The number of benzene rings is 2. The number of methoxy groups -OCH3 is 3. The second kappa shape index (κ2) is 10.3. The van der Waals surface area contributed by atoms with E-state index in [0.717, 1.165) is 5.56 Å². The van der Waals surface area contributed by atoms with Crippen LogP contribution < -0.4 is 19.5 Å². The van der Waals surface area contributed by atoms with Crippen LogP contribution in [0, 0.1) is 0 Å². The molecule has 0 aliphatic rings. The van der Waals surface area contributed by atoms with E-state index in [0.29, 0.717) is 34.4 Å². The van der Waals surface area contributed by atoms with Gasteiger partial charge < -0.3 is 24.4 Å². The Morgan fingerprint density at radius 1 is 1.11 bits per heavy atom. The number of nitrogens with one attached hydrogen (secondary N) is 1. The van der Waals surface area contributed by atoms with E-state index in [1.807, 2.05) is 24.3 Å². The Labute approximate surface area is 162 Å². The number of carbonyl (C=O) groups is 1. The molecule has 0 saturated heterocycles. The van der Waals surface area contributed by atoms with Crippen LogP contribution in [0.5, 0.6) is 17.2 Å². The fourth-order valence-corrected chi connectivity index (χ4v) is 2.60. The molecule has 0 atom stereocenters. The van der Waals surface area contributed by atoms with Crippen molar-refractivity contribution in [2.24, 2.45) is 5.16 Å². The van der Waals surface area contributed by atoms with Crippen molar-refractivity contribution in [2.75, 3.05) is 27.9 Å². The molecule has 0 heterocycles. The van der Waals surface area contributed by atoms with Crippen molar-refractivity contribution >= 4 is 23.7 Å². The topological polar surface area (TPSA) is 78.4 Å². The lowest BCUT2D eigenvalue weighted by Gasteiger charge is -2.10. The zero-order valence-electron chi connectivity index (χ0n) is 15.3. The first kappa shape index (κ1) is 20.4. The zero-order chi connectivity index (χ0) is 19.6. The Morgan fingerprint density at radius 2 is 1.85 bits per heavy atom. The van der Waals surface area contributed by atoms with Crippen molar-refractivity contribution in [1.82, 2.24) is 5.32 Å². The summed E-state index contributed by atoms with van der Waals surface area (Å²) in [6.07, 6.45) is 1.43. The summed E-state index contributed by atoms with van der Waals surface area (Å²) in [4.78, 5) is 16.9. The maximum atomic E-state index is 11.9. The fraction of sp³-hybridized carbons (Fsp3) is 0.263. The number of nitrogens with zero attached hydrogens (tertiary/aromatic N) is 1. The van der Waals surface area contributed by atoms with E-state index < -0.39 is 0 Å². The zero-order valence-corrected chi connectivity index (χ0v) is 16.1. The van der Waals surface area contributed by atoms with Gasteiger partial charge in [0.2, 0.25) is 0 Å². The Bertz CT molecular complexity index is 811. The van der Waals surface area contributed by atoms with Crippen LogP contribution >= 0.6 is 11.6 Å². The molecule has 2 aromatic rings. The average molecular weight is 393 g/mol. The summed E-state index contributed by atoms with van der Waals surface area (Å²) in [7, 11) is 4.60. The van der Waals surface area contributed by atoms with Gasteiger partial charge in [-0.2, -0.15) is 0 Å². The molecule has 0 aromatic heterocycles. The van der Waals surface area contributed by atoms with Gasteiger partial charge in [-0.15, -0.1) is 0 Å². The molecule has 0 spiro atoms. The number of ether oxygens (including phenoxy) is 3. The van der Waals surface area contributed by atoms with Gasteiger partial charge in [-0.1, -0.05) is 35.0 Å². The van der Waals surface area contributed by atoms with Crippen molar-refractivity contribution in [3.8, 4) is 17.2 Å². The van der Waals surface area contributed by atoms with E-state index in [-0.39, 0.29) is 12.5 Å². The van der Waals surface area contributed by atoms with Gasteiger partial charge in [0, 0.05) is 17.7 Å². The number of oxime groups is 1. The van der Waals surface area contributed by atoms with Crippen molar-refractivity contribution in [3.63, 3.8) is 0 Å². The maximum Gasteiger partial charge on any atom is 0.261 e. The van der Waals surface area contributed by atoms with E-state index in [2.05, 4.69) is 10.5 Å². The molecule has 0 saturated carbocycles. The summed E-state index contributed by atoms with van der Waals surface area (Å²) in [6, 6.07) is 10.8. The molecule has 27 heavy (non-hydrogen) atoms. The quantitative estimate of drug-likeness (QED) is 0.524. The lowest BCUT2D eigenvalue weighted by molar-refractivity contribution is -0.125. The lowest BCUT2D eigenvalue weighted by Crippen LogP contribution is -2.26. The van der Waals surface area contributed by atoms with Crippen LogP contribution in [0.2, 0.25) is 5.02 Å². The van der Waals surface area contributed by atoms with Gasteiger partial charge in [-0.3, -0.25) is 4.79 Å². The lowest BCUT2D eigenvalue weighted by atomic mass is 10.2. The molecular weight excluding hydrogens is 372 g/mol. The molecule has 2 rings (SSSR count). The highest BCUT2D eigenvalue weighted by Gasteiger charge is 2.10. The molecule has 0 aliphatic heterocycles. The summed E-state index contributed by atoms with van der Waals surface area (Å²) >= 11 is 6.12. The maximum absolute atomic E-state index is 11.9. The standard InChI is InChI=1S/C19H21ClN2O5/c1-24-16-7-5-4-6-14(16)11-21-18(23)12-27-22-10-13-8-15(20)19(26-3)17(9-13)25-2/h4-10H,11-12H2,1-3H3,(H,21,23). The third-order valence-electron chi connectivity index (χ3n) is 3.60. The molecule has 7 nitrogen and oxygen atoms in total. The molecule has 8 heteroatoms. The molecule has 0 unspecified atom stereocenters. The van der Waals surface area contributed by atoms with Crippen molar-refractivity contribution in [1.29, 1.82) is 0 Å². The average Bonchev–Trinajstić information content (AvgIpc) is 2.69. The second-order valence-corrected chi connectivity index (χ2v) is 5.74. The smallest absolute Gasteiger partial charge is 0.261 e. The molecule has 0 fully saturated rings. The predicted molar refractivity (Wildman–Crippen MR) is 103 cm³/mol. The first-order valence-electron chi connectivity index (χ1n) is 8.04. The van der Waals surface area contributed by atoms with Crippen LogP contribution in [-0.2, 0) is 16.2 Å². The SMILES string of the molecule is COc1ccccc1CNC(=O)CON=Cc1cc(Cl)c(OC)c(OC)c1. The monoisotopic (exact) mass is 392 g/mol. The largest absolute Gasteiger partial charge is 0.496 e. The molecule has 0 aliphatic carbocycles. The van der Waals surface area contributed by atoms with Gasteiger partial charge >= 0.3 is 0 Å². The minimum Gasteiger partial charge on any atom is -0.496 e. The summed E-state index contributed by atoms with van der Waals surface area (Å²) in [6.45, 7) is 0.119. The number of halogens is 1. The molecular formula is C19H21ClN2O5. The Morgan fingerprint density at radius 3 is 2.56 bits per heavy atom. The highest BCUT2D eigenvalue weighted by atomic mass is 35.5. The number of hydrogen-bond donors (Lipinski definition) is 1. The van der Waals surface area contributed by atoms with Crippen LogP contribution in [0.3, 0.4) is 0 Å². The molecule has 0 radical (unpaired) electrons. The van der Waals surface area contributed by atoms with Crippen LogP contribution in [-0.4, -0.2) is 40.1 Å². The van der Waals surface area contributed by atoms with Crippen molar-refractivity contribution in [2.45, 2.75) is 6.54 Å². The van der Waals surface area contributed by atoms with Gasteiger partial charge in [0.15, 0.2) is 18.1 Å². The number of para-hydroxylation sites is 1. The Kier molecular flexibility index (Phi) is 7.76. The van der Waals surface area contributed by atoms with Crippen LogP contribution in [0.4, 0.5) is 0 Å². The number of amides is 1. The minimum absolute atomic E-state index is 0.216. The third-order valence-corrected chi connectivity index (χ3v) is 3.88. The van der Waals surface area contributed by atoms with Gasteiger partial charge in [0.05, 0.1) is 32.6 Å². The first-order valence-corrected chi connectivity index (χ1v) is 8.42. The summed E-state index contributed by atoms with van der Waals surface area (Å²) in [5.74, 6) is 1.32. The highest BCUT2D eigenvalue weighted by molar-refractivity contribution is 6.32. The molecule has 0 bridgehead atoms. The normalized spacial score (nSPS) is 10.5. The van der Waals surface area contributed by atoms with E-state index in [4.69, 9.17) is 30.6 Å². The van der Waals surface area contributed by atoms with Gasteiger partial charge in [0.25, 0.3) is 5.91 Å². The molecule has 144 valence electrons. The Balaban J connectivity index is 1.85. The number of carbonyl (C=O) groups excluding carboxylic acids is 1. The summed E-state index contributed by atoms with van der Waals surface area (Å²) < 4.78 is 15.6. The van der Waals surface area contributed by atoms with E-state index >= 15 is 0 Å². The van der Waals surface area contributed by atoms with Crippen LogP contribution in [0.1, 0.15) is 11.1 Å².